The van der Waals surface area contributed by atoms with Gasteiger partial charge in [0.05, 0.1) is 5.67 Å². The van der Waals surface area contributed by atoms with Gasteiger partial charge in [-0.15, -0.1) is 0 Å². The van der Waals surface area contributed by atoms with Crippen LogP contribution in [0.3, 0.4) is 0 Å². The Bertz CT molecular complexity index is 145. The molecule has 0 aromatic heterocycles. The molecule has 0 aliphatic carbocycles. The van der Waals surface area contributed by atoms with Crippen LogP contribution < -0.4 is 11.5 Å². The van der Waals surface area contributed by atoms with Crippen LogP contribution in [0.2, 0.25) is 0 Å². The molecule has 0 saturated heterocycles. The fourth-order valence-electron chi connectivity index (χ4n) is 1.32. The zero-order chi connectivity index (χ0) is 11.2. The lowest BCUT2D eigenvalue weighted by atomic mass is 10.2. The standard InChI is InChI=1S/C8H22N2O3Si/c1-7(9)5-6-8(10)14(11-2,12-3)13-4/h7-8H,5-6,9-10H2,1-4H3. The van der Waals surface area contributed by atoms with Crippen molar-refractivity contribution >= 4 is 8.80 Å². The quantitative estimate of drug-likeness (QED) is 0.586. The van der Waals surface area contributed by atoms with E-state index in [2.05, 4.69) is 0 Å². The van der Waals surface area contributed by atoms with Crippen LogP contribution in [0.1, 0.15) is 19.8 Å². The molecular weight excluding hydrogens is 200 g/mol. The number of rotatable bonds is 7. The van der Waals surface area contributed by atoms with Crippen LogP contribution in [0.25, 0.3) is 0 Å². The second-order valence-corrected chi connectivity index (χ2v) is 6.55. The summed E-state index contributed by atoms with van der Waals surface area (Å²) in [7, 11) is 2.02. The van der Waals surface area contributed by atoms with E-state index in [4.69, 9.17) is 24.7 Å². The highest BCUT2D eigenvalue weighted by Gasteiger charge is 2.44. The van der Waals surface area contributed by atoms with E-state index >= 15 is 0 Å². The monoisotopic (exact) mass is 222 g/mol. The van der Waals surface area contributed by atoms with Crippen molar-refractivity contribution in [3.05, 3.63) is 0 Å². The van der Waals surface area contributed by atoms with Crippen molar-refractivity contribution in [1.82, 2.24) is 0 Å². The zero-order valence-electron chi connectivity index (χ0n) is 9.45. The van der Waals surface area contributed by atoms with E-state index in [-0.39, 0.29) is 11.7 Å². The minimum absolute atomic E-state index is 0.137. The molecule has 0 amide bonds. The van der Waals surface area contributed by atoms with Crippen molar-refractivity contribution in [2.45, 2.75) is 31.5 Å². The molecule has 2 unspecified atom stereocenters. The summed E-state index contributed by atoms with van der Waals surface area (Å²) in [6.07, 6.45) is 1.59. The molecule has 6 heteroatoms. The maximum atomic E-state index is 5.96. The van der Waals surface area contributed by atoms with Crippen LogP contribution >= 0.6 is 0 Å². The molecule has 0 aromatic rings. The van der Waals surface area contributed by atoms with E-state index in [1.165, 1.54) is 0 Å². The van der Waals surface area contributed by atoms with Gasteiger partial charge in [-0.25, -0.2) is 0 Å². The molecule has 0 fully saturated rings. The van der Waals surface area contributed by atoms with E-state index in [0.29, 0.717) is 0 Å². The Labute approximate surface area is 87.1 Å². The molecule has 86 valence electrons. The van der Waals surface area contributed by atoms with E-state index in [0.717, 1.165) is 12.8 Å². The molecule has 0 aromatic carbocycles. The average Bonchev–Trinajstić information content (AvgIpc) is 2.18. The Hall–Kier alpha value is 0.0169. The van der Waals surface area contributed by atoms with Crippen LogP contribution in [0.15, 0.2) is 0 Å². The van der Waals surface area contributed by atoms with Crippen LogP contribution in [0, 0.1) is 0 Å². The van der Waals surface area contributed by atoms with Crippen molar-refractivity contribution in [2.75, 3.05) is 21.3 Å². The number of hydrogen-bond donors (Lipinski definition) is 2. The molecule has 0 heterocycles. The van der Waals surface area contributed by atoms with Crippen molar-refractivity contribution in [3.63, 3.8) is 0 Å². The van der Waals surface area contributed by atoms with Crippen LogP contribution in [-0.2, 0) is 13.3 Å². The minimum Gasteiger partial charge on any atom is -0.376 e. The van der Waals surface area contributed by atoms with Crippen molar-refractivity contribution < 1.29 is 13.3 Å². The maximum absolute atomic E-state index is 5.96. The van der Waals surface area contributed by atoms with Gasteiger partial charge >= 0.3 is 8.80 Å². The highest BCUT2D eigenvalue weighted by Crippen LogP contribution is 2.14. The lowest BCUT2D eigenvalue weighted by Crippen LogP contribution is -2.58. The van der Waals surface area contributed by atoms with Crippen molar-refractivity contribution in [3.8, 4) is 0 Å². The largest absolute Gasteiger partial charge is 0.517 e. The van der Waals surface area contributed by atoms with Gasteiger partial charge in [-0.1, -0.05) is 0 Å². The summed E-state index contributed by atoms with van der Waals surface area (Å²) < 4.78 is 15.8. The second kappa shape index (κ2) is 6.49. The topological polar surface area (TPSA) is 79.7 Å². The van der Waals surface area contributed by atoms with Crippen LogP contribution in [-0.4, -0.2) is 41.8 Å². The predicted octanol–water partition coefficient (Wildman–Crippen LogP) is -0.142. The van der Waals surface area contributed by atoms with Gasteiger partial charge in [-0.05, 0) is 19.8 Å². The highest BCUT2D eigenvalue weighted by atomic mass is 28.4. The lowest BCUT2D eigenvalue weighted by Gasteiger charge is -2.30. The molecule has 0 aliphatic rings. The first-order valence-electron chi connectivity index (χ1n) is 4.69. The minimum atomic E-state index is -2.67. The molecule has 5 nitrogen and oxygen atoms in total. The Morgan fingerprint density at radius 2 is 1.43 bits per heavy atom. The fourth-order valence-corrected chi connectivity index (χ4v) is 3.25. The summed E-state index contributed by atoms with van der Waals surface area (Å²) in [5.41, 5.74) is 11.4. The summed E-state index contributed by atoms with van der Waals surface area (Å²) in [6.45, 7) is 1.95. The van der Waals surface area contributed by atoms with Crippen LogP contribution in [0.5, 0.6) is 0 Å². The van der Waals surface area contributed by atoms with Gasteiger partial charge in [0.1, 0.15) is 0 Å². The Balaban J connectivity index is 4.21. The summed E-state index contributed by atoms with van der Waals surface area (Å²) in [4.78, 5) is 0. The first-order chi connectivity index (χ1) is 6.52. The predicted molar refractivity (Wildman–Crippen MR) is 57.6 cm³/mol. The SMILES string of the molecule is CO[Si](OC)(OC)C(N)CCC(C)N. The van der Waals surface area contributed by atoms with Crippen LogP contribution in [0.4, 0.5) is 0 Å². The van der Waals surface area contributed by atoms with Crippen molar-refractivity contribution in [1.29, 1.82) is 0 Å². The van der Waals surface area contributed by atoms with Gasteiger partial charge in [0.25, 0.3) is 0 Å². The van der Waals surface area contributed by atoms with Crippen molar-refractivity contribution in [2.24, 2.45) is 11.5 Å². The number of nitrogens with two attached hydrogens (primary N) is 2. The molecule has 14 heavy (non-hydrogen) atoms. The summed E-state index contributed by atoms with van der Waals surface area (Å²) >= 11 is 0. The van der Waals surface area contributed by atoms with Gasteiger partial charge in [0.2, 0.25) is 0 Å². The van der Waals surface area contributed by atoms with Gasteiger partial charge in [-0.2, -0.15) is 0 Å². The van der Waals surface area contributed by atoms with E-state index in [1.807, 2.05) is 6.92 Å². The maximum Gasteiger partial charge on any atom is 0.517 e. The molecule has 0 spiro atoms. The fraction of sp³-hybridized carbons (Fsp3) is 1.00. The van der Waals surface area contributed by atoms with E-state index in [9.17, 15) is 0 Å². The molecule has 2 atom stereocenters. The normalized spacial score (nSPS) is 16.7. The van der Waals surface area contributed by atoms with E-state index < -0.39 is 8.80 Å². The lowest BCUT2D eigenvalue weighted by molar-refractivity contribution is 0.111. The summed E-state index contributed by atoms with van der Waals surface area (Å²) in [5, 5.41) is 0. The Kier molecular flexibility index (Phi) is 6.50. The molecule has 0 saturated carbocycles. The molecular formula is C8H22N2O3Si. The third-order valence-corrected chi connectivity index (χ3v) is 5.14. The van der Waals surface area contributed by atoms with Gasteiger partial charge in [-0.3, -0.25) is 0 Å². The summed E-state index contributed by atoms with van der Waals surface area (Å²) in [5.74, 6) is 0. The third-order valence-electron chi connectivity index (χ3n) is 2.24. The molecule has 0 aliphatic heterocycles. The smallest absolute Gasteiger partial charge is 0.376 e. The molecule has 0 rings (SSSR count). The molecule has 0 radical (unpaired) electrons. The first kappa shape index (κ1) is 14.0. The van der Waals surface area contributed by atoms with Gasteiger partial charge < -0.3 is 24.7 Å². The molecule has 4 N–H and O–H groups in total. The number of hydrogen-bond acceptors (Lipinski definition) is 5. The highest BCUT2D eigenvalue weighted by molar-refractivity contribution is 6.62. The first-order valence-corrected chi connectivity index (χ1v) is 6.49. The second-order valence-electron chi connectivity index (χ2n) is 3.38. The Morgan fingerprint density at radius 3 is 1.71 bits per heavy atom. The van der Waals surface area contributed by atoms with Gasteiger partial charge in [0.15, 0.2) is 0 Å². The average molecular weight is 222 g/mol. The van der Waals surface area contributed by atoms with E-state index in [1.54, 1.807) is 21.3 Å². The summed E-state index contributed by atoms with van der Waals surface area (Å²) in [6, 6.07) is 0.137. The molecule has 0 bridgehead atoms. The van der Waals surface area contributed by atoms with Gasteiger partial charge in [0, 0.05) is 27.4 Å². The zero-order valence-corrected chi connectivity index (χ0v) is 10.4. The Morgan fingerprint density at radius 1 is 1.00 bits per heavy atom. The third kappa shape index (κ3) is 3.64.